The van der Waals surface area contributed by atoms with Crippen molar-refractivity contribution in [3.05, 3.63) is 6.20 Å². The van der Waals surface area contributed by atoms with Gasteiger partial charge in [-0.25, -0.2) is 13.4 Å². The minimum Gasteiger partial charge on any atom is -0.481 e. The Morgan fingerprint density at radius 3 is 2.73 bits per heavy atom. The van der Waals surface area contributed by atoms with Gasteiger partial charge in [-0.15, -0.1) is 0 Å². The summed E-state index contributed by atoms with van der Waals surface area (Å²) in [5.41, 5.74) is 0. The van der Waals surface area contributed by atoms with Gasteiger partial charge in [-0.1, -0.05) is 11.3 Å². The summed E-state index contributed by atoms with van der Waals surface area (Å²) in [7, 11) is -3.82. The molecule has 2 rings (SSSR count). The molecule has 0 saturated carbocycles. The number of nitrogens with zero attached hydrogens (tertiary/aromatic N) is 2. The van der Waals surface area contributed by atoms with Gasteiger partial charge in [-0.05, 0) is 19.8 Å². The Morgan fingerprint density at radius 1 is 1.45 bits per heavy atom. The largest absolute Gasteiger partial charge is 0.481 e. The van der Waals surface area contributed by atoms with E-state index in [-0.39, 0.29) is 27.8 Å². The van der Waals surface area contributed by atoms with Gasteiger partial charge in [-0.3, -0.25) is 9.59 Å². The summed E-state index contributed by atoms with van der Waals surface area (Å²) in [5.74, 6) is -2.03. The molecule has 0 aromatic carbocycles. The van der Waals surface area contributed by atoms with Crippen molar-refractivity contribution in [3.63, 3.8) is 0 Å². The minimum absolute atomic E-state index is 0.00543. The molecular weight excluding hydrogens is 330 g/mol. The van der Waals surface area contributed by atoms with Crippen LogP contribution in [0.15, 0.2) is 10.4 Å². The molecule has 1 fully saturated rings. The van der Waals surface area contributed by atoms with Gasteiger partial charge in [-0.2, -0.15) is 4.31 Å². The van der Waals surface area contributed by atoms with E-state index in [1.54, 1.807) is 6.92 Å². The molecule has 0 bridgehead atoms. The van der Waals surface area contributed by atoms with E-state index in [9.17, 15) is 18.0 Å². The third kappa shape index (κ3) is 3.45. The fraction of sp³-hybridized carbons (Fsp3) is 0.583. The van der Waals surface area contributed by atoms with Crippen molar-refractivity contribution in [2.45, 2.75) is 36.9 Å². The summed E-state index contributed by atoms with van der Waals surface area (Å²) in [4.78, 5) is 26.0. The lowest BCUT2D eigenvalue weighted by Crippen LogP contribution is -2.47. The molecule has 22 heavy (non-hydrogen) atoms. The maximum Gasteiger partial charge on any atom is 0.307 e. The molecular formula is C12H17N3O5S2. The lowest BCUT2D eigenvalue weighted by Gasteiger charge is -2.34. The Balaban J connectivity index is 2.26. The van der Waals surface area contributed by atoms with Crippen LogP contribution in [0.25, 0.3) is 0 Å². The number of hydrogen-bond donors (Lipinski definition) is 2. The zero-order valence-electron chi connectivity index (χ0n) is 12.1. The van der Waals surface area contributed by atoms with Crippen molar-refractivity contribution in [1.29, 1.82) is 0 Å². The molecule has 1 aliphatic rings. The number of anilines is 1. The molecule has 0 spiro atoms. The molecule has 122 valence electrons. The lowest BCUT2D eigenvalue weighted by molar-refractivity contribution is -0.143. The number of rotatable bonds is 4. The van der Waals surface area contributed by atoms with Gasteiger partial charge in [0.2, 0.25) is 5.91 Å². The van der Waals surface area contributed by atoms with Crippen molar-refractivity contribution in [2.75, 3.05) is 11.9 Å². The maximum atomic E-state index is 12.7. The summed E-state index contributed by atoms with van der Waals surface area (Å²) >= 11 is 0.853. The molecule has 2 unspecified atom stereocenters. The summed E-state index contributed by atoms with van der Waals surface area (Å²) < 4.78 is 26.5. The van der Waals surface area contributed by atoms with Crippen molar-refractivity contribution in [3.8, 4) is 0 Å². The highest BCUT2D eigenvalue weighted by Gasteiger charge is 2.38. The summed E-state index contributed by atoms with van der Waals surface area (Å²) in [6, 6.07) is -0.271. The van der Waals surface area contributed by atoms with Crippen molar-refractivity contribution in [2.24, 2.45) is 5.92 Å². The molecule has 2 heterocycles. The average Bonchev–Trinajstić information content (AvgIpc) is 2.87. The number of hydrogen-bond acceptors (Lipinski definition) is 6. The first kappa shape index (κ1) is 16.8. The van der Waals surface area contributed by atoms with Gasteiger partial charge < -0.3 is 10.4 Å². The van der Waals surface area contributed by atoms with Crippen LogP contribution in [-0.4, -0.2) is 47.3 Å². The topological polar surface area (TPSA) is 117 Å². The molecule has 1 aliphatic heterocycles. The molecule has 0 aliphatic carbocycles. The molecule has 1 aromatic rings. The predicted octanol–water partition coefficient (Wildman–Crippen LogP) is 0.975. The Kier molecular flexibility index (Phi) is 4.83. The highest BCUT2D eigenvalue weighted by molar-refractivity contribution is 7.91. The molecule has 1 amide bonds. The van der Waals surface area contributed by atoms with Gasteiger partial charge in [0.1, 0.15) is 0 Å². The van der Waals surface area contributed by atoms with E-state index in [4.69, 9.17) is 5.11 Å². The number of sulfonamides is 1. The van der Waals surface area contributed by atoms with Crippen LogP contribution < -0.4 is 5.32 Å². The van der Waals surface area contributed by atoms with E-state index in [0.29, 0.717) is 12.8 Å². The number of amides is 1. The summed E-state index contributed by atoms with van der Waals surface area (Å²) in [6.45, 7) is 3.01. The zero-order chi connectivity index (χ0) is 16.5. The quantitative estimate of drug-likeness (QED) is 0.838. The Morgan fingerprint density at radius 2 is 2.14 bits per heavy atom. The Bertz CT molecular complexity index is 685. The molecule has 1 aromatic heterocycles. The van der Waals surface area contributed by atoms with Crippen LogP contribution in [0, 0.1) is 5.92 Å². The number of aliphatic carboxylic acids is 1. The number of carbonyl (C=O) groups excluding carboxylic acids is 1. The number of carboxylic acids is 1. The first-order valence-corrected chi connectivity index (χ1v) is 8.95. The molecule has 1 saturated heterocycles. The van der Waals surface area contributed by atoms with Crippen LogP contribution in [0.4, 0.5) is 5.13 Å². The van der Waals surface area contributed by atoms with Crippen LogP contribution in [0.5, 0.6) is 0 Å². The van der Waals surface area contributed by atoms with E-state index in [0.717, 1.165) is 11.3 Å². The second kappa shape index (κ2) is 6.31. The molecule has 0 radical (unpaired) electrons. The fourth-order valence-electron chi connectivity index (χ4n) is 2.31. The minimum atomic E-state index is -3.82. The smallest absolute Gasteiger partial charge is 0.307 e. The Hall–Kier alpha value is -1.52. The maximum absolute atomic E-state index is 12.7. The van der Waals surface area contributed by atoms with E-state index in [1.807, 2.05) is 0 Å². The lowest BCUT2D eigenvalue weighted by atomic mass is 9.96. The second-order valence-corrected chi connectivity index (χ2v) is 8.35. The van der Waals surface area contributed by atoms with Gasteiger partial charge in [0, 0.05) is 19.5 Å². The monoisotopic (exact) mass is 347 g/mol. The summed E-state index contributed by atoms with van der Waals surface area (Å²) in [5, 5.41) is 11.7. The van der Waals surface area contributed by atoms with Crippen LogP contribution in [0.1, 0.15) is 26.7 Å². The number of carboxylic acid groups (broad SMARTS) is 1. The molecule has 10 heteroatoms. The van der Waals surface area contributed by atoms with E-state index in [1.165, 1.54) is 17.4 Å². The van der Waals surface area contributed by atoms with E-state index >= 15 is 0 Å². The number of piperidine rings is 1. The number of aromatic nitrogens is 1. The van der Waals surface area contributed by atoms with Gasteiger partial charge in [0.15, 0.2) is 9.34 Å². The van der Waals surface area contributed by atoms with E-state index in [2.05, 4.69) is 10.3 Å². The predicted molar refractivity (Wildman–Crippen MR) is 80.1 cm³/mol. The van der Waals surface area contributed by atoms with Crippen LogP contribution in [-0.2, 0) is 19.6 Å². The molecule has 2 atom stereocenters. The van der Waals surface area contributed by atoms with Gasteiger partial charge >= 0.3 is 5.97 Å². The molecule has 8 nitrogen and oxygen atoms in total. The highest BCUT2D eigenvalue weighted by atomic mass is 32.2. The average molecular weight is 347 g/mol. The number of nitrogens with one attached hydrogen (secondary N) is 1. The van der Waals surface area contributed by atoms with Gasteiger partial charge in [0.25, 0.3) is 10.0 Å². The van der Waals surface area contributed by atoms with Crippen molar-refractivity contribution >= 4 is 38.4 Å². The Labute approximate surface area is 132 Å². The fourth-order valence-corrected chi connectivity index (χ4v) is 5.23. The first-order chi connectivity index (χ1) is 10.2. The van der Waals surface area contributed by atoms with Crippen LogP contribution >= 0.6 is 11.3 Å². The molecule has 2 N–H and O–H groups in total. The third-order valence-corrected chi connectivity index (χ3v) is 6.83. The standard InChI is InChI=1S/C12H17N3O5S2/c1-7-3-4-9(11(17)18)6-15(7)22(19,20)10-5-13-12(21-10)14-8(2)16/h5,7,9H,3-4,6H2,1-2H3,(H,17,18)(H,13,14,16). The normalized spacial score (nSPS) is 23.2. The SMILES string of the molecule is CC(=O)Nc1ncc(S(=O)(=O)N2CC(C(=O)O)CCC2C)s1. The van der Waals surface area contributed by atoms with Gasteiger partial charge in [0.05, 0.1) is 12.1 Å². The summed E-state index contributed by atoms with van der Waals surface area (Å²) in [6.07, 6.45) is 2.14. The number of thiazole rings is 1. The second-order valence-electron chi connectivity index (χ2n) is 5.20. The van der Waals surface area contributed by atoms with E-state index < -0.39 is 21.9 Å². The first-order valence-electron chi connectivity index (χ1n) is 6.70. The number of carbonyl (C=O) groups is 2. The van der Waals surface area contributed by atoms with Crippen LogP contribution in [0.3, 0.4) is 0 Å². The van der Waals surface area contributed by atoms with Crippen LogP contribution in [0.2, 0.25) is 0 Å². The highest BCUT2D eigenvalue weighted by Crippen LogP contribution is 2.31. The van der Waals surface area contributed by atoms with Crippen molar-refractivity contribution in [1.82, 2.24) is 9.29 Å². The third-order valence-electron chi connectivity index (χ3n) is 3.50. The van der Waals surface area contributed by atoms with Crippen molar-refractivity contribution < 1.29 is 23.1 Å². The zero-order valence-corrected chi connectivity index (χ0v) is 13.8.